The molecular formula is C29H24FN7O3. The zero-order valence-electron chi connectivity index (χ0n) is 21.5. The van der Waals surface area contributed by atoms with Gasteiger partial charge in [0.25, 0.3) is 11.7 Å². The molecule has 0 saturated carbocycles. The van der Waals surface area contributed by atoms with Crippen molar-refractivity contribution in [2.75, 3.05) is 41.4 Å². The predicted octanol–water partition coefficient (Wildman–Crippen LogP) is 3.40. The molecule has 1 saturated heterocycles. The van der Waals surface area contributed by atoms with Crippen LogP contribution in [0.3, 0.4) is 0 Å². The molecule has 200 valence electrons. The molecule has 40 heavy (non-hydrogen) atoms. The summed E-state index contributed by atoms with van der Waals surface area (Å²) in [5, 5.41) is 12.2. The molecule has 1 fully saturated rings. The molecular weight excluding hydrogens is 513 g/mol. The summed E-state index contributed by atoms with van der Waals surface area (Å²) in [5.41, 5.74) is 2.97. The predicted molar refractivity (Wildman–Crippen MR) is 146 cm³/mol. The minimum Gasteiger partial charge on any atom is -0.489 e. The fourth-order valence-electron chi connectivity index (χ4n) is 5.21. The molecule has 1 atom stereocenters. The maximum absolute atomic E-state index is 13.3. The van der Waals surface area contributed by atoms with E-state index in [2.05, 4.69) is 26.3 Å². The van der Waals surface area contributed by atoms with Gasteiger partial charge in [-0.3, -0.25) is 9.59 Å². The second-order valence-electron chi connectivity index (χ2n) is 9.60. The van der Waals surface area contributed by atoms with E-state index in [9.17, 15) is 19.2 Å². The molecule has 1 unspecified atom stereocenters. The molecule has 2 aromatic carbocycles. The van der Waals surface area contributed by atoms with Crippen molar-refractivity contribution >= 4 is 29.0 Å². The standard InChI is InChI=1S/C29H24FN7O3/c1-35-21(13-31)12-23(18-5-3-2-4-6-18)26(35)27(38)28(39)34-20-7-8-24-25(11-20)40-17-22-16-36(9-10-37(22)24)29-32-14-19(30)15-33-29/h2-8,11-12,14-15,22H,9-10,16-17H2,1H3,(H,34,39). The fraction of sp³-hybridized carbons (Fsp3) is 0.207. The number of ketones is 1. The van der Waals surface area contributed by atoms with Gasteiger partial charge in [-0.05, 0) is 23.8 Å². The molecule has 2 aliphatic rings. The molecule has 2 aliphatic heterocycles. The maximum Gasteiger partial charge on any atom is 0.298 e. The number of Topliss-reactive ketones (excluding diaryl/α,β-unsaturated/α-hetero) is 1. The Morgan fingerprint density at radius 3 is 2.62 bits per heavy atom. The van der Waals surface area contributed by atoms with Crippen LogP contribution in [-0.4, -0.2) is 58.5 Å². The van der Waals surface area contributed by atoms with Gasteiger partial charge in [0.05, 0.1) is 24.1 Å². The van der Waals surface area contributed by atoms with E-state index in [1.54, 1.807) is 25.2 Å². The number of halogens is 1. The van der Waals surface area contributed by atoms with Crippen molar-refractivity contribution < 1.29 is 18.7 Å². The van der Waals surface area contributed by atoms with Crippen molar-refractivity contribution in [3.05, 3.63) is 84.2 Å². The van der Waals surface area contributed by atoms with Gasteiger partial charge in [0.2, 0.25) is 5.95 Å². The van der Waals surface area contributed by atoms with Crippen LogP contribution in [0, 0.1) is 17.1 Å². The van der Waals surface area contributed by atoms with E-state index in [4.69, 9.17) is 4.74 Å². The Bertz CT molecular complexity index is 1650. The van der Waals surface area contributed by atoms with Crippen LogP contribution in [0.5, 0.6) is 5.75 Å². The highest BCUT2D eigenvalue weighted by atomic mass is 19.1. The molecule has 2 aromatic heterocycles. The number of aromatic nitrogens is 3. The molecule has 0 aliphatic carbocycles. The quantitative estimate of drug-likeness (QED) is 0.304. The number of hydrogen-bond acceptors (Lipinski definition) is 8. The minimum atomic E-state index is -0.815. The minimum absolute atomic E-state index is 0.0417. The van der Waals surface area contributed by atoms with E-state index in [1.807, 2.05) is 41.3 Å². The third kappa shape index (κ3) is 4.49. The van der Waals surface area contributed by atoms with Gasteiger partial charge in [-0.2, -0.15) is 5.26 Å². The Hall–Kier alpha value is -5.24. The average Bonchev–Trinajstić information content (AvgIpc) is 3.33. The van der Waals surface area contributed by atoms with E-state index in [0.29, 0.717) is 49.2 Å². The normalized spacial score (nSPS) is 15.9. The molecule has 0 bridgehead atoms. The molecule has 1 N–H and O–H groups in total. The number of nitrogens with zero attached hydrogens (tertiary/aromatic N) is 6. The number of benzene rings is 2. The number of carbonyl (C=O) groups excluding carboxylic acids is 2. The van der Waals surface area contributed by atoms with Gasteiger partial charge < -0.3 is 24.4 Å². The second kappa shape index (κ2) is 10.1. The summed E-state index contributed by atoms with van der Waals surface area (Å²) in [6.45, 7) is 2.35. The number of rotatable bonds is 5. The maximum atomic E-state index is 13.3. The number of anilines is 3. The summed E-state index contributed by atoms with van der Waals surface area (Å²) in [4.78, 5) is 38.8. The fourth-order valence-corrected chi connectivity index (χ4v) is 5.21. The van der Waals surface area contributed by atoms with Crippen LogP contribution < -0.4 is 19.9 Å². The first-order valence-corrected chi connectivity index (χ1v) is 12.7. The van der Waals surface area contributed by atoms with Crippen LogP contribution in [0.1, 0.15) is 16.2 Å². The first-order chi connectivity index (χ1) is 19.4. The van der Waals surface area contributed by atoms with Gasteiger partial charge in [-0.1, -0.05) is 30.3 Å². The van der Waals surface area contributed by atoms with E-state index in [0.717, 1.165) is 23.6 Å². The number of nitriles is 1. The Labute approximate surface area is 229 Å². The number of ether oxygens (including phenoxy) is 1. The number of piperazine rings is 1. The highest BCUT2D eigenvalue weighted by Gasteiger charge is 2.34. The van der Waals surface area contributed by atoms with Crippen LogP contribution in [-0.2, 0) is 11.8 Å². The lowest BCUT2D eigenvalue weighted by molar-refractivity contribution is -0.112. The van der Waals surface area contributed by atoms with E-state index < -0.39 is 17.5 Å². The average molecular weight is 538 g/mol. The number of amides is 1. The lowest BCUT2D eigenvalue weighted by Crippen LogP contribution is -2.57. The molecule has 10 nitrogen and oxygen atoms in total. The van der Waals surface area contributed by atoms with Crippen molar-refractivity contribution in [1.29, 1.82) is 5.26 Å². The summed E-state index contributed by atoms with van der Waals surface area (Å²) >= 11 is 0. The third-order valence-corrected chi connectivity index (χ3v) is 7.18. The molecule has 0 radical (unpaired) electrons. The summed E-state index contributed by atoms with van der Waals surface area (Å²) in [7, 11) is 1.59. The first kappa shape index (κ1) is 25.1. The van der Waals surface area contributed by atoms with Crippen LogP contribution >= 0.6 is 0 Å². The zero-order chi connectivity index (χ0) is 27.8. The number of hydrogen-bond donors (Lipinski definition) is 1. The van der Waals surface area contributed by atoms with Gasteiger partial charge >= 0.3 is 0 Å². The topological polar surface area (TPSA) is 116 Å². The van der Waals surface area contributed by atoms with Gasteiger partial charge in [-0.15, -0.1) is 0 Å². The lowest BCUT2D eigenvalue weighted by atomic mass is 10.0. The number of fused-ring (bicyclic) bond motifs is 3. The van der Waals surface area contributed by atoms with Crippen molar-refractivity contribution in [3.63, 3.8) is 0 Å². The van der Waals surface area contributed by atoms with E-state index in [-0.39, 0.29) is 17.4 Å². The SMILES string of the molecule is Cn1c(C#N)cc(-c2ccccc2)c1C(=O)C(=O)Nc1ccc2c(c1)OCC1CN(c3ncc(F)cn3)CCN21. The largest absolute Gasteiger partial charge is 0.489 e. The second-order valence-corrected chi connectivity index (χ2v) is 9.60. The summed E-state index contributed by atoms with van der Waals surface area (Å²) in [5.74, 6) is -0.965. The summed E-state index contributed by atoms with van der Waals surface area (Å²) in [6, 6.07) is 18.2. The lowest BCUT2D eigenvalue weighted by Gasteiger charge is -2.45. The van der Waals surface area contributed by atoms with Gasteiger partial charge in [0.15, 0.2) is 5.82 Å². The van der Waals surface area contributed by atoms with Gasteiger partial charge in [0.1, 0.15) is 29.8 Å². The molecule has 6 rings (SSSR count). The number of nitrogens with one attached hydrogen (secondary N) is 1. The van der Waals surface area contributed by atoms with Crippen LogP contribution in [0.15, 0.2) is 67.0 Å². The highest BCUT2D eigenvalue weighted by molar-refractivity contribution is 6.47. The van der Waals surface area contributed by atoms with Crippen molar-refractivity contribution in [2.24, 2.45) is 7.05 Å². The Balaban J connectivity index is 1.19. The smallest absolute Gasteiger partial charge is 0.298 e. The molecule has 4 aromatic rings. The number of carbonyl (C=O) groups is 2. The zero-order valence-corrected chi connectivity index (χ0v) is 21.5. The van der Waals surface area contributed by atoms with E-state index >= 15 is 0 Å². The Morgan fingerprint density at radius 2 is 1.88 bits per heavy atom. The monoisotopic (exact) mass is 537 g/mol. The Morgan fingerprint density at radius 1 is 1.10 bits per heavy atom. The first-order valence-electron chi connectivity index (χ1n) is 12.7. The Kier molecular flexibility index (Phi) is 6.36. The van der Waals surface area contributed by atoms with Crippen molar-refractivity contribution in [3.8, 4) is 22.9 Å². The third-order valence-electron chi connectivity index (χ3n) is 7.18. The van der Waals surface area contributed by atoms with Crippen LogP contribution in [0.2, 0.25) is 0 Å². The van der Waals surface area contributed by atoms with Crippen molar-refractivity contribution in [1.82, 2.24) is 14.5 Å². The van der Waals surface area contributed by atoms with Crippen molar-refractivity contribution in [2.45, 2.75) is 6.04 Å². The van der Waals surface area contributed by atoms with Crippen LogP contribution in [0.25, 0.3) is 11.1 Å². The molecule has 0 spiro atoms. The van der Waals surface area contributed by atoms with Crippen LogP contribution in [0.4, 0.5) is 21.7 Å². The highest BCUT2D eigenvalue weighted by Crippen LogP contribution is 2.38. The molecule has 4 heterocycles. The van der Waals surface area contributed by atoms with Gasteiger partial charge in [-0.25, -0.2) is 14.4 Å². The van der Waals surface area contributed by atoms with Gasteiger partial charge in [0, 0.05) is 44.0 Å². The molecule has 11 heteroatoms. The summed E-state index contributed by atoms with van der Waals surface area (Å²) in [6.07, 6.45) is 2.31. The molecule has 1 amide bonds. The summed E-state index contributed by atoms with van der Waals surface area (Å²) < 4.78 is 20.7. The van der Waals surface area contributed by atoms with E-state index in [1.165, 1.54) is 4.57 Å².